The van der Waals surface area contributed by atoms with Crippen molar-refractivity contribution in [2.75, 3.05) is 19.0 Å². The Morgan fingerprint density at radius 3 is 1.36 bits per heavy atom. The van der Waals surface area contributed by atoms with Gasteiger partial charge in [0, 0.05) is 18.8 Å². The van der Waals surface area contributed by atoms with Crippen LogP contribution < -0.4 is 5.32 Å². The molecule has 3 N–H and O–H groups in total. The first-order valence-corrected chi connectivity index (χ1v) is 20.3. The molecule has 0 fully saturated rings. The minimum atomic E-state index is -1.19. The van der Waals surface area contributed by atoms with E-state index in [1.807, 2.05) is 0 Å². The van der Waals surface area contributed by atoms with Crippen LogP contribution in [0.15, 0.2) is 0 Å². The van der Waals surface area contributed by atoms with E-state index in [2.05, 4.69) is 19.2 Å². The first kappa shape index (κ1) is 44.2. The van der Waals surface area contributed by atoms with Gasteiger partial charge < -0.3 is 20.3 Å². The molecule has 6 nitrogen and oxygen atoms in total. The molecule has 0 aromatic rings. The maximum Gasteiger partial charge on any atom is 0.327 e. The highest BCUT2D eigenvalue weighted by Crippen LogP contribution is 2.23. The van der Waals surface area contributed by atoms with Crippen molar-refractivity contribution < 1.29 is 24.5 Å². The number of amides is 1. The highest BCUT2D eigenvalue weighted by molar-refractivity contribution is 8.00. The minimum absolute atomic E-state index is 0.106. The highest BCUT2D eigenvalue weighted by Gasteiger charge is 2.27. The van der Waals surface area contributed by atoms with Gasteiger partial charge in [0.1, 0.15) is 11.0 Å². The van der Waals surface area contributed by atoms with Gasteiger partial charge in [0.25, 0.3) is 0 Å². The number of aliphatic carboxylic acids is 1. The summed E-state index contributed by atoms with van der Waals surface area (Å²) in [6.07, 6.45) is 34.9. The third-order valence-electron chi connectivity index (χ3n) is 8.71. The van der Waals surface area contributed by atoms with E-state index in [0.717, 1.165) is 43.9 Å². The Morgan fingerprint density at radius 1 is 0.622 bits per heavy atom. The number of carbonyl (C=O) groups excluding carboxylic acids is 1. The van der Waals surface area contributed by atoms with Crippen LogP contribution in [0.1, 0.15) is 201 Å². The number of hydrogen-bond acceptors (Lipinski definition) is 5. The molecule has 0 saturated carbocycles. The molecule has 0 aromatic carbocycles. The second-order valence-corrected chi connectivity index (χ2v) is 15.1. The first-order valence-electron chi connectivity index (χ1n) is 19.3. The number of hydrogen-bond donors (Lipinski definition) is 3. The molecule has 0 aliphatic rings. The zero-order valence-electron chi connectivity index (χ0n) is 30.0. The molecule has 0 spiro atoms. The lowest BCUT2D eigenvalue weighted by Gasteiger charge is -2.24. The maximum absolute atomic E-state index is 12.4. The fraction of sp³-hybridized carbons (Fsp3) is 0.947. The number of carboxylic acid groups (broad SMARTS) is 1. The molecule has 45 heavy (non-hydrogen) atoms. The lowest BCUT2D eigenvalue weighted by Crippen LogP contribution is -2.44. The van der Waals surface area contributed by atoms with Crippen molar-refractivity contribution in [3.63, 3.8) is 0 Å². The van der Waals surface area contributed by atoms with Crippen LogP contribution in [0.3, 0.4) is 0 Å². The molecule has 0 bridgehead atoms. The quantitative estimate of drug-likeness (QED) is 0.0458. The van der Waals surface area contributed by atoms with E-state index in [0.29, 0.717) is 13.0 Å². The van der Waals surface area contributed by atoms with E-state index in [4.69, 9.17) is 4.74 Å². The van der Waals surface area contributed by atoms with Gasteiger partial charge in [-0.2, -0.15) is 0 Å². The van der Waals surface area contributed by atoms with Gasteiger partial charge in [-0.05, 0) is 19.8 Å². The summed E-state index contributed by atoms with van der Waals surface area (Å²) < 4.78 is 5.70. The van der Waals surface area contributed by atoms with Gasteiger partial charge in [-0.3, -0.25) is 4.79 Å². The molecular weight excluding hydrogens is 582 g/mol. The summed E-state index contributed by atoms with van der Waals surface area (Å²) in [6.45, 7) is 6.92. The monoisotopic (exact) mass is 658 g/mol. The summed E-state index contributed by atoms with van der Waals surface area (Å²) in [5.74, 6) is -1.19. The summed E-state index contributed by atoms with van der Waals surface area (Å²) in [5.41, 5.74) is 0. The number of rotatable bonds is 36. The average Bonchev–Trinajstić information content (AvgIpc) is 3.01. The molecule has 0 radical (unpaired) electrons. The number of unbranched alkanes of at least 4 members (excludes halogenated alkanes) is 25. The van der Waals surface area contributed by atoms with Crippen LogP contribution in [0.2, 0.25) is 0 Å². The molecule has 0 aliphatic heterocycles. The van der Waals surface area contributed by atoms with Crippen molar-refractivity contribution in [3.05, 3.63) is 0 Å². The number of nitrogens with one attached hydrogen (secondary N) is 1. The zero-order valence-corrected chi connectivity index (χ0v) is 30.8. The van der Waals surface area contributed by atoms with Crippen LogP contribution in [0.5, 0.6) is 0 Å². The molecule has 0 heterocycles. The van der Waals surface area contributed by atoms with Crippen molar-refractivity contribution in [2.24, 2.45) is 0 Å². The van der Waals surface area contributed by atoms with Crippen LogP contribution in [0.4, 0.5) is 0 Å². The fourth-order valence-corrected chi connectivity index (χ4v) is 6.63. The van der Waals surface area contributed by atoms with Gasteiger partial charge in [0.05, 0.1) is 6.61 Å². The Balaban J connectivity index is 3.74. The molecule has 268 valence electrons. The van der Waals surface area contributed by atoms with E-state index in [9.17, 15) is 19.8 Å². The van der Waals surface area contributed by atoms with E-state index in [-0.39, 0.29) is 18.3 Å². The minimum Gasteiger partial charge on any atom is -0.480 e. The molecule has 0 saturated heterocycles. The summed E-state index contributed by atoms with van der Waals surface area (Å²) >= 11 is 1.13. The van der Waals surface area contributed by atoms with Gasteiger partial charge in [0.15, 0.2) is 0 Å². The van der Waals surface area contributed by atoms with E-state index < -0.39 is 16.9 Å². The molecule has 0 aliphatic carbocycles. The van der Waals surface area contributed by atoms with Crippen LogP contribution in [-0.4, -0.2) is 52.0 Å². The lowest BCUT2D eigenvalue weighted by atomic mass is 10.0. The summed E-state index contributed by atoms with van der Waals surface area (Å²) in [4.78, 5) is 22.9. The Hall–Kier alpha value is -0.790. The topological polar surface area (TPSA) is 95.9 Å². The number of ether oxygens (including phenoxy) is 1. The third-order valence-corrected chi connectivity index (χ3v) is 9.95. The highest BCUT2D eigenvalue weighted by atomic mass is 32.2. The van der Waals surface area contributed by atoms with Crippen molar-refractivity contribution in [3.8, 4) is 0 Å². The van der Waals surface area contributed by atoms with E-state index in [1.54, 1.807) is 6.92 Å². The molecule has 0 aromatic heterocycles. The number of aliphatic hydroxyl groups is 1. The van der Waals surface area contributed by atoms with Crippen LogP contribution in [0.25, 0.3) is 0 Å². The molecule has 2 atom stereocenters. The molecule has 1 unspecified atom stereocenters. The third kappa shape index (κ3) is 32.9. The summed E-state index contributed by atoms with van der Waals surface area (Å²) in [7, 11) is 0. The van der Waals surface area contributed by atoms with Crippen LogP contribution in [-0.2, 0) is 14.3 Å². The summed E-state index contributed by atoms with van der Waals surface area (Å²) in [5, 5.41) is 22.9. The predicted octanol–water partition coefficient (Wildman–Crippen LogP) is 11.0. The fourth-order valence-electron chi connectivity index (χ4n) is 5.71. The summed E-state index contributed by atoms with van der Waals surface area (Å²) in [6, 6.07) is -1.01. The standard InChI is InChI=1S/C38H75NO5S/c1-4-6-8-10-12-14-16-18-20-22-24-26-28-30-32-44-34-38(3,43)45-33-35(37(41)42)39-36(40)31-29-27-25-23-21-19-17-15-13-11-9-7-5-2/h35,43H,4-34H2,1-3H3,(H,39,40)(H,41,42)/t35-,38?/m0/s1. The Morgan fingerprint density at radius 2 is 0.978 bits per heavy atom. The van der Waals surface area contributed by atoms with Gasteiger partial charge in [-0.25, -0.2) is 4.79 Å². The van der Waals surface area contributed by atoms with Crippen molar-refractivity contribution in [2.45, 2.75) is 212 Å². The van der Waals surface area contributed by atoms with Crippen molar-refractivity contribution in [1.82, 2.24) is 5.32 Å². The molecule has 1 amide bonds. The van der Waals surface area contributed by atoms with Crippen molar-refractivity contribution in [1.29, 1.82) is 0 Å². The predicted molar refractivity (Wildman–Crippen MR) is 194 cm³/mol. The Bertz CT molecular complexity index is 660. The average molecular weight is 658 g/mol. The molecular formula is C38H75NO5S. The van der Waals surface area contributed by atoms with E-state index >= 15 is 0 Å². The van der Waals surface area contributed by atoms with Gasteiger partial charge in [-0.1, -0.05) is 174 Å². The number of carbonyl (C=O) groups is 2. The number of thioether (sulfide) groups is 1. The molecule has 0 rings (SSSR count). The Kier molecular flexibility index (Phi) is 32.5. The van der Waals surface area contributed by atoms with Gasteiger partial charge >= 0.3 is 5.97 Å². The first-order chi connectivity index (χ1) is 21.8. The Labute approximate surface area is 283 Å². The number of carboxylic acids is 1. The van der Waals surface area contributed by atoms with Crippen LogP contribution >= 0.6 is 11.8 Å². The van der Waals surface area contributed by atoms with E-state index in [1.165, 1.54) is 141 Å². The maximum atomic E-state index is 12.4. The largest absolute Gasteiger partial charge is 0.480 e. The zero-order chi connectivity index (χ0) is 33.3. The molecule has 7 heteroatoms. The second-order valence-electron chi connectivity index (χ2n) is 13.6. The smallest absolute Gasteiger partial charge is 0.327 e. The van der Waals surface area contributed by atoms with Gasteiger partial charge in [-0.15, -0.1) is 11.8 Å². The van der Waals surface area contributed by atoms with Gasteiger partial charge in [0.2, 0.25) is 5.91 Å². The normalized spacial score (nSPS) is 13.5. The SMILES string of the molecule is CCCCCCCCCCCCCCCCOCC(C)(O)SC[C@H](NC(=O)CCCCCCCCCCCCCCC)C(=O)O. The van der Waals surface area contributed by atoms with Crippen molar-refractivity contribution >= 4 is 23.6 Å². The lowest BCUT2D eigenvalue weighted by molar-refractivity contribution is -0.141. The second kappa shape index (κ2) is 33.1. The van der Waals surface area contributed by atoms with Crippen LogP contribution in [0, 0.1) is 0 Å².